The monoisotopic (exact) mass is 370 g/mol. The van der Waals surface area contributed by atoms with Crippen LogP contribution in [0.1, 0.15) is 23.7 Å². The van der Waals surface area contributed by atoms with Crippen molar-refractivity contribution in [3.8, 4) is 0 Å². The molecule has 0 aliphatic carbocycles. The predicted molar refractivity (Wildman–Crippen MR) is 91.6 cm³/mol. The quantitative estimate of drug-likeness (QED) is 0.769. The van der Waals surface area contributed by atoms with E-state index >= 15 is 0 Å². The summed E-state index contributed by atoms with van der Waals surface area (Å²) in [5.41, 5.74) is 5.19. The number of nitrogens with zero attached hydrogens (tertiary/aromatic N) is 2. The summed E-state index contributed by atoms with van der Waals surface area (Å²) in [4.78, 5) is 38.8. The van der Waals surface area contributed by atoms with Crippen LogP contribution in [0.4, 0.5) is 10.1 Å². The van der Waals surface area contributed by atoms with Gasteiger partial charge in [0.2, 0.25) is 11.8 Å². The lowest BCUT2D eigenvalue weighted by molar-refractivity contribution is -0.138. The van der Waals surface area contributed by atoms with Crippen molar-refractivity contribution in [1.82, 2.24) is 15.1 Å². The van der Waals surface area contributed by atoms with Crippen molar-refractivity contribution in [2.75, 3.05) is 38.5 Å². The molecule has 0 radical (unpaired) electrons. The number of amides is 3. The van der Waals surface area contributed by atoms with Crippen molar-refractivity contribution in [3.05, 3.63) is 28.5 Å². The maximum absolute atomic E-state index is 13.5. The highest BCUT2D eigenvalue weighted by Crippen LogP contribution is 2.22. The molecule has 1 aliphatic rings. The summed E-state index contributed by atoms with van der Waals surface area (Å²) in [5, 5.41) is 2.60. The van der Waals surface area contributed by atoms with Gasteiger partial charge in [0.15, 0.2) is 0 Å². The Morgan fingerprint density at radius 3 is 2.40 bits per heavy atom. The number of rotatable bonds is 4. The molecule has 1 heterocycles. The van der Waals surface area contributed by atoms with Gasteiger partial charge in [-0.15, -0.1) is 0 Å². The van der Waals surface area contributed by atoms with Crippen LogP contribution in [0.3, 0.4) is 0 Å². The summed E-state index contributed by atoms with van der Waals surface area (Å²) in [6, 6.07) is 2.30. The number of carbonyl (C=O) groups is 3. The average Bonchev–Trinajstić information content (AvgIpc) is 2.57. The Kier molecular flexibility index (Phi) is 6.19. The summed E-state index contributed by atoms with van der Waals surface area (Å²) in [5.74, 6) is -1.48. The van der Waals surface area contributed by atoms with Crippen LogP contribution in [0.2, 0.25) is 5.02 Å². The molecule has 136 valence electrons. The number of hydrogen-bond donors (Lipinski definition) is 2. The van der Waals surface area contributed by atoms with E-state index in [1.54, 1.807) is 9.80 Å². The highest BCUT2D eigenvalue weighted by molar-refractivity contribution is 6.31. The molecular weight excluding hydrogens is 351 g/mol. The van der Waals surface area contributed by atoms with E-state index in [9.17, 15) is 18.8 Å². The Hall–Kier alpha value is -2.35. The van der Waals surface area contributed by atoms with E-state index in [2.05, 4.69) is 5.32 Å². The normalized spacial score (nSPS) is 14.4. The Morgan fingerprint density at radius 2 is 1.80 bits per heavy atom. The summed E-state index contributed by atoms with van der Waals surface area (Å²) in [7, 11) is 0. The van der Waals surface area contributed by atoms with Gasteiger partial charge >= 0.3 is 0 Å². The maximum atomic E-state index is 13.5. The van der Waals surface area contributed by atoms with Gasteiger partial charge in [-0.2, -0.15) is 0 Å². The standard InChI is InChI=1S/C16H20ClFN4O3/c1-10(23)21-4-6-22(7-5-21)14(24)2-3-20-16(25)12-8-11(17)9-13(18)15(12)19/h8-9H,2-7,19H2,1H3,(H,20,25). The summed E-state index contributed by atoms with van der Waals surface area (Å²) in [6.07, 6.45) is 0.106. The Balaban J connectivity index is 1.82. The van der Waals surface area contributed by atoms with Crippen molar-refractivity contribution in [2.45, 2.75) is 13.3 Å². The van der Waals surface area contributed by atoms with Gasteiger partial charge in [0.1, 0.15) is 5.82 Å². The van der Waals surface area contributed by atoms with E-state index in [0.29, 0.717) is 26.2 Å². The molecule has 0 atom stereocenters. The first-order chi connectivity index (χ1) is 11.8. The topological polar surface area (TPSA) is 95.7 Å². The summed E-state index contributed by atoms with van der Waals surface area (Å²) < 4.78 is 13.5. The van der Waals surface area contributed by atoms with E-state index in [4.69, 9.17) is 17.3 Å². The second kappa shape index (κ2) is 8.15. The molecule has 0 saturated carbocycles. The van der Waals surface area contributed by atoms with Crippen LogP contribution in [0.5, 0.6) is 0 Å². The molecule has 3 amide bonds. The van der Waals surface area contributed by atoms with Crippen LogP contribution in [0, 0.1) is 5.82 Å². The molecule has 2 rings (SSSR count). The molecule has 0 aromatic heterocycles. The number of nitrogens with one attached hydrogen (secondary N) is 1. The SMILES string of the molecule is CC(=O)N1CCN(C(=O)CCNC(=O)c2cc(Cl)cc(F)c2N)CC1. The molecule has 0 bridgehead atoms. The molecule has 0 unspecified atom stereocenters. The minimum atomic E-state index is -0.767. The fourth-order valence-corrected chi connectivity index (χ4v) is 2.78. The van der Waals surface area contributed by atoms with Gasteiger partial charge in [0.25, 0.3) is 5.91 Å². The number of halogens is 2. The zero-order valence-electron chi connectivity index (χ0n) is 13.8. The van der Waals surface area contributed by atoms with E-state index in [-0.39, 0.29) is 41.1 Å². The third-order valence-electron chi connectivity index (χ3n) is 4.04. The van der Waals surface area contributed by atoms with Crippen LogP contribution in [0.15, 0.2) is 12.1 Å². The molecule has 1 aromatic carbocycles. The molecule has 1 saturated heterocycles. The number of carbonyl (C=O) groups excluding carboxylic acids is 3. The van der Waals surface area contributed by atoms with Gasteiger partial charge in [-0.3, -0.25) is 14.4 Å². The van der Waals surface area contributed by atoms with Crippen LogP contribution in [-0.2, 0) is 9.59 Å². The number of benzene rings is 1. The molecule has 1 aromatic rings. The van der Waals surface area contributed by atoms with Crippen LogP contribution >= 0.6 is 11.6 Å². The first-order valence-corrected chi connectivity index (χ1v) is 8.23. The number of nitrogens with two attached hydrogens (primary N) is 1. The van der Waals surface area contributed by atoms with E-state index < -0.39 is 11.7 Å². The van der Waals surface area contributed by atoms with Gasteiger partial charge in [-0.1, -0.05) is 11.6 Å². The fourth-order valence-electron chi connectivity index (χ4n) is 2.58. The number of piperazine rings is 1. The highest BCUT2D eigenvalue weighted by Gasteiger charge is 2.22. The minimum Gasteiger partial charge on any atom is -0.396 e. The second-order valence-electron chi connectivity index (χ2n) is 5.74. The van der Waals surface area contributed by atoms with Gasteiger partial charge < -0.3 is 20.9 Å². The molecule has 9 heteroatoms. The summed E-state index contributed by atoms with van der Waals surface area (Å²) in [6.45, 7) is 3.55. The lowest BCUT2D eigenvalue weighted by Crippen LogP contribution is -2.50. The first kappa shape index (κ1) is 19.0. The zero-order chi connectivity index (χ0) is 18.6. The average molecular weight is 371 g/mol. The van der Waals surface area contributed by atoms with Crippen molar-refractivity contribution in [3.63, 3.8) is 0 Å². The van der Waals surface area contributed by atoms with Crippen LogP contribution < -0.4 is 11.1 Å². The van der Waals surface area contributed by atoms with Gasteiger partial charge in [-0.25, -0.2) is 4.39 Å². The zero-order valence-corrected chi connectivity index (χ0v) is 14.6. The van der Waals surface area contributed by atoms with E-state index in [1.807, 2.05) is 0 Å². The van der Waals surface area contributed by atoms with Gasteiger partial charge in [0, 0.05) is 51.1 Å². The van der Waals surface area contributed by atoms with E-state index in [1.165, 1.54) is 13.0 Å². The Bertz CT molecular complexity index is 690. The molecule has 0 spiro atoms. The smallest absolute Gasteiger partial charge is 0.253 e. The van der Waals surface area contributed by atoms with Crippen molar-refractivity contribution in [2.24, 2.45) is 0 Å². The third-order valence-corrected chi connectivity index (χ3v) is 4.26. The van der Waals surface area contributed by atoms with Gasteiger partial charge in [-0.05, 0) is 12.1 Å². The summed E-state index contributed by atoms with van der Waals surface area (Å²) >= 11 is 5.72. The third kappa shape index (κ3) is 4.82. The maximum Gasteiger partial charge on any atom is 0.253 e. The van der Waals surface area contributed by atoms with E-state index in [0.717, 1.165) is 6.07 Å². The highest BCUT2D eigenvalue weighted by atomic mass is 35.5. The molecule has 3 N–H and O–H groups in total. The molecule has 1 aliphatic heterocycles. The number of anilines is 1. The predicted octanol–water partition coefficient (Wildman–Crippen LogP) is 0.872. The Labute approximate surface area is 149 Å². The van der Waals surface area contributed by atoms with Crippen molar-refractivity contribution < 1.29 is 18.8 Å². The molecule has 25 heavy (non-hydrogen) atoms. The minimum absolute atomic E-state index is 0.00861. The molecule has 7 nitrogen and oxygen atoms in total. The van der Waals surface area contributed by atoms with Crippen LogP contribution in [0.25, 0.3) is 0 Å². The van der Waals surface area contributed by atoms with Crippen molar-refractivity contribution >= 4 is 35.0 Å². The molecular formula is C16H20ClFN4O3. The number of hydrogen-bond acceptors (Lipinski definition) is 4. The largest absolute Gasteiger partial charge is 0.396 e. The Morgan fingerprint density at radius 1 is 1.20 bits per heavy atom. The molecule has 1 fully saturated rings. The van der Waals surface area contributed by atoms with Gasteiger partial charge in [0.05, 0.1) is 11.3 Å². The lowest BCUT2D eigenvalue weighted by Gasteiger charge is -2.34. The lowest BCUT2D eigenvalue weighted by atomic mass is 10.1. The fraction of sp³-hybridized carbons (Fsp3) is 0.438. The van der Waals surface area contributed by atoms with Crippen molar-refractivity contribution in [1.29, 1.82) is 0 Å². The second-order valence-corrected chi connectivity index (χ2v) is 6.18. The number of nitrogen functional groups attached to an aromatic ring is 1. The van der Waals surface area contributed by atoms with Crippen LogP contribution in [-0.4, -0.2) is 60.2 Å². The first-order valence-electron chi connectivity index (χ1n) is 7.85.